The number of hydrogen-bond acceptors (Lipinski definition) is 2. The van der Waals surface area contributed by atoms with Crippen molar-refractivity contribution in [3.8, 4) is 0 Å². The van der Waals surface area contributed by atoms with Crippen molar-refractivity contribution < 1.29 is 13.6 Å². The molecule has 0 aliphatic rings. The third-order valence-corrected chi connectivity index (χ3v) is 2.39. The molecule has 2 N–H and O–H groups in total. The number of amides is 1. The molecule has 3 nitrogen and oxygen atoms in total. The van der Waals surface area contributed by atoms with Crippen LogP contribution in [0.3, 0.4) is 0 Å². The largest absolute Gasteiger partial charge is 0.396 e. The minimum atomic E-state index is -0.999. The lowest BCUT2D eigenvalue weighted by atomic mass is 9.96. The van der Waals surface area contributed by atoms with Gasteiger partial charge in [-0.3, -0.25) is 4.79 Å². The van der Waals surface area contributed by atoms with E-state index in [2.05, 4.69) is 0 Å². The first-order valence-electron chi connectivity index (χ1n) is 5.62. The molecule has 0 heterocycles. The van der Waals surface area contributed by atoms with E-state index in [9.17, 15) is 13.6 Å². The van der Waals surface area contributed by atoms with E-state index in [0.717, 1.165) is 12.1 Å². The quantitative estimate of drug-likeness (QED) is 0.827. The molecule has 18 heavy (non-hydrogen) atoms. The molecule has 0 spiro atoms. The summed E-state index contributed by atoms with van der Waals surface area (Å²) in [6.07, 6.45) is 0. The van der Waals surface area contributed by atoms with Crippen molar-refractivity contribution in [2.45, 2.75) is 20.8 Å². The van der Waals surface area contributed by atoms with Gasteiger partial charge in [0.05, 0.1) is 5.69 Å². The zero-order valence-corrected chi connectivity index (χ0v) is 11.1. The van der Waals surface area contributed by atoms with E-state index in [1.807, 2.05) is 20.8 Å². The molecule has 0 unspecified atom stereocenters. The van der Waals surface area contributed by atoms with Crippen LogP contribution >= 0.6 is 0 Å². The maximum Gasteiger partial charge on any atom is 0.259 e. The number of benzene rings is 1. The molecule has 0 saturated carbocycles. The Morgan fingerprint density at radius 2 is 1.89 bits per heavy atom. The summed E-state index contributed by atoms with van der Waals surface area (Å²) in [4.78, 5) is 13.3. The Bertz CT molecular complexity index is 467. The number of nitrogen functional groups attached to an aromatic ring is 1. The summed E-state index contributed by atoms with van der Waals surface area (Å²) in [6, 6.07) is 2.10. The Kier molecular flexibility index (Phi) is 3.94. The van der Waals surface area contributed by atoms with Crippen molar-refractivity contribution >= 4 is 11.6 Å². The third kappa shape index (κ3) is 3.18. The lowest BCUT2D eigenvalue weighted by Crippen LogP contribution is -2.35. The van der Waals surface area contributed by atoms with Gasteiger partial charge in [-0.1, -0.05) is 20.8 Å². The molecule has 0 saturated heterocycles. The molecule has 0 atom stereocenters. The maximum atomic E-state index is 13.7. The van der Waals surface area contributed by atoms with Gasteiger partial charge in [-0.05, 0) is 17.5 Å². The summed E-state index contributed by atoms with van der Waals surface area (Å²) in [5.74, 6) is -2.60. The molecule has 0 radical (unpaired) electrons. The fourth-order valence-corrected chi connectivity index (χ4v) is 1.74. The molecule has 0 aromatic heterocycles. The van der Waals surface area contributed by atoms with Crippen LogP contribution in [0.25, 0.3) is 0 Å². The molecule has 1 rings (SSSR count). The summed E-state index contributed by atoms with van der Waals surface area (Å²) in [7, 11) is 1.51. The number of carbonyl (C=O) groups excluding carboxylic acids is 1. The van der Waals surface area contributed by atoms with Crippen LogP contribution in [0.1, 0.15) is 31.1 Å². The zero-order chi connectivity index (χ0) is 14.1. The smallest absolute Gasteiger partial charge is 0.259 e. The second-order valence-electron chi connectivity index (χ2n) is 5.55. The van der Waals surface area contributed by atoms with Crippen molar-refractivity contribution in [3.05, 3.63) is 29.3 Å². The Hall–Kier alpha value is -1.65. The molecule has 1 aromatic carbocycles. The van der Waals surface area contributed by atoms with Gasteiger partial charge >= 0.3 is 0 Å². The van der Waals surface area contributed by atoms with Gasteiger partial charge in [0.15, 0.2) is 5.82 Å². The summed E-state index contributed by atoms with van der Waals surface area (Å²) < 4.78 is 27.2. The van der Waals surface area contributed by atoms with Crippen LogP contribution in [-0.2, 0) is 0 Å². The van der Waals surface area contributed by atoms with Gasteiger partial charge in [-0.2, -0.15) is 0 Å². The van der Waals surface area contributed by atoms with E-state index in [0.29, 0.717) is 6.54 Å². The van der Waals surface area contributed by atoms with Gasteiger partial charge in [0, 0.05) is 13.6 Å². The molecule has 0 bridgehead atoms. The number of halogens is 2. The molecule has 1 aromatic rings. The van der Waals surface area contributed by atoms with Crippen molar-refractivity contribution in [1.82, 2.24) is 4.90 Å². The van der Waals surface area contributed by atoms with Gasteiger partial charge in [0.25, 0.3) is 5.91 Å². The average Bonchev–Trinajstić information content (AvgIpc) is 2.21. The minimum Gasteiger partial charge on any atom is -0.396 e. The second kappa shape index (κ2) is 4.92. The van der Waals surface area contributed by atoms with Gasteiger partial charge in [-0.25, -0.2) is 8.78 Å². The van der Waals surface area contributed by atoms with Crippen LogP contribution in [0.4, 0.5) is 14.5 Å². The Labute approximate surface area is 106 Å². The van der Waals surface area contributed by atoms with Gasteiger partial charge in [0.2, 0.25) is 0 Å². The van der Waals surface area contributed by atoms with Crippen LogP contribution in [-0.4, -0.2) is 24.4 Å². The number of nitrogens with two attached hydrogens (primary N) is 1. The maximum absolute atomic E-state index is 13.7. The normalized spacial score (nSPS) is 11.4. The van der Waals surface area contributed by atoms with Crippen molar-refractivity contribution in [2.75, 3.05) is 19.3 Å². The molecule has 0 aliphatic heterocycles. The van der Waals surface area contributed by atoms with E-state index < -0.39 is 23.1 Å². The third-order valence-electron chi connectivity index (χ3n) is 2.39. The first-order valence-corrected chi connectivity index (χ1v) is 5.62. The summed E-state index contributed by atoms with van der Waals surface area (Å²) >= 11 is 0. The number of nitrogens with zero attached hydrogens (tertiary/aromatic N) is 1. The highest BCUT2D eigenvalue weighted by Crippen LogP contribution is 2.22. The second-order valence-corrected chi connectivity index (χ2v) is 5.55. The van der Waals surface area contributed by atoms with E-state index in [4.69, 9.17) is 5.73 Å². The number of rotatable bonds is 2. The standard InChI is InChI=1S/C13H18F2N2O/c1-13(2,3)7-17(4)12(18)10-8(14)5-6-9(16)11(10)15/h5-6H,7,16H2,1-4H3. The van der Waals surface area contributed by atoms with Crippen molar-refractivity contribution in [1.29, 1.82) is 0 Å². The van der Waals surface area contributed by atoms with Gasteiger partial charge < -0.3 is 10.6 Å². The summed E-state index contributed by atoms with van der Waals surface area (Å²) in [6.45, 7) is 6.19. The van der Waals surface area contributed by atoms with E-state index >= 15 is 0 Å². The van der Waals surface area contributed by atoms with E-state index in [-0.39, 0.29) is 11.1 Å². The predicted molar refractivity (Wildman–Crippen MR) is 67.2 cm³/mol. The Balaban J connectivity index is 3.08. The van der Waals surface area contributed by atoms with E-state index in [1.165, 1.54) is 11.9 Å². The van der Waals surface area contributed by atoms with Crippen LogP contribution in [0.15, 0.2) is 12.1 Å². The first-order chi connectivity index (χ1) is 8.13. The van der Waals surface area contributed by atoms with Crippen molar-refractivity contribution in [3.63, 3.8) is 0 Å². The predicted octanol–water partition coefficient (Wildman–Crippen LogP) is 2.67. The fraction of sp³-hybridized carbons (Fsp3) is 0.462. The van der Waals surface area contributed by atoms with Gasteiger partial charge in [0.1, 0.15) is 11.4 Å². The molecular formula is C13H18F2N2O. The fourth-order valence-electron chi connectivity index (χ4n) is 1.74. The summed E-state index contributed by atoms with van der Waals surface area (Å²) in [5, 5.41) is 0. The van der Waals surface area contributed by atoms with Crippen LogP contribution in [0.5, 0.6) is 0 Å². The Morgan fingerprint density at radius 3 is 2.39 bits per heavy atom. The molecule has 0 fully saturated rings. The van der Waals surface area contributed by atoms with Crippen LogP contribution in [0, 0.1) is 17.0 Å². The molecule has 1 amide bonds. The number of anilines is 1. The topological polar surface area (TPSA) is 46.3 Å². The minimum absolute atomic E-state index is 0.155. The number of hydrogen-bond donors (Lipinski definition) is 1. The Morgan fingerprint density at radius 1 is 1.33 bits per heavy atom. The van der Waals surface area contributed by atoms with Gasteiger partial charge in [-0.15, -0.1) is 0 Å². The SMILES string of the molecule is CN(CC(C)(C)C)C(=O)c1c(F)ccc(N)c1F. The zero-order valence-electron chi connectivity index (χ0n) is 11.1. The van der Waals surface area contributed by atoms with Crippen LogP contribution < -0.4 is 5.73 Å². The highest BCUT2D eigenvalue weighted by Gasteiger charge is 2.25. The lowest BCUT2D eigenvalue weighted by Gasteiger charge is -2.27. The molecule has 100 valence electrons. The lowest BCUT2D eigenvalue weighted by molar-refractivity contribution is 0.0736. The first kappa shape index (κ1) is 14.4. The average molecular weight is 256 g/mol. The molecule has 5 heteroatoms. The van der Waals surface area contributed by atoms with Crippen molar-refractivity contribution in [2.24, 2.45) is 5.41 Å². The number of carbonyl (C=O) groups is 1. The summed E-state index contributed by atoms with van der Waals surface area (Å²) in [5.41, 5.74) is 4.36. The molecular weight excluding hydrogens is 238 g/mol. The monoisotopic (exact) mass is 256 g/mol. The van der Waals surface area contributed by atoms with E-state index in [1.54, 1.807) is 0 Å². The highest BCUT2D eigenvalue weighted by atomic mass is 19.1. The highest BCUT2D eigenvalue weighted by molar-refractivity contribution is 5.95. The molecule has 0 aliphatic carbocycles. The van der Waals surface area contributed by atoms with Crippen LogP contribution in [0.2, 0.25) is 0 Å².